The van der Waals surface area contributed by atoms with E-state index in [9.17, 15) is 19.2 Å². The van der Waals surface area contributed by atoms with Gasteiger partial charge in [-0.05, 0) is 38.5 Å². The second-order valence-electron chi connectivity index (χ2n) is 9.30. The highest BCUT2D eigenvalue weighted by atomic mass is 16.2. The minimum Gasteiger partial charge on any atom is -0.370 e. The average molecular weight is 569 g/mol. The molecule has 16 nitrogen and oxygen atoms in total. The number of hydrogen-bond donors (Lipinski definition) is 9. The molecule has 0 fully saturated rings. The molecule has 228 valence electrons. The van der Waals surface area contributed by atoms with E-state index < -0.39 is 18.1 Å². The van der Waals surface area contributed by atoms with Gasteiger partial charge >= 0.3 is 0 Å². The van der Waals surface area contributed by atoms with Crippen LogP contribution in [-0.4, -0.2) is 79.6 Å². The van der Waals surface area contributed by atoms with E-state index in [1.165, 1.54) is 0 Å². The first-order chi connectivity index (χ1) is 19.0. The van der Waals surface area contributed by atoms with Crippen LogP contribution in [0.3, 0.4) is 0 Å². The van der Waals surface area contributed by atoms with E-state index in [0.29, 0.717) is 58.2 Å². The topological polar surface area (TPSA) is 298 Å². The summed E-state index contributed by atoms with van der Waals surface area (Å²) in [6.45, 7) is 2.79. The van der Waals surface area contributed by atoms with Gasteiger partial charge in [0.2, 0.25) is 17.7 Å². The van der Waals surface area contributed by atoms with E-state index in [1.807, 2.05) is 0 Å². The summed E-state index contributed by atoms with van der Waals surface area (Å²) >= 11 is 0. The quantitative estimate of drug-likeness (QED) is 0.0283. The third-order valence-electron chi connectivity index (χ3n) is 5.68. The summed E-state index contributed by atoms with van der Waals surface area (Å²) in [4.78, 5) is 60.6. The molecule has 0 radical (unpaired) electrons. The number of nitrogens with zero attached hydrogens (tertiary/aromatic N) is 3. The Labute approximate surface area is 235 Å². The summed E-state index contributed by atoms with van der Waals surface area (Å²) in [6.07, 6.45) is 4.19. The van der Waals surface area contributed by atoms with Crippen LogP contribution in [0.5, 0.6) is 0 Å². The number of nitrogens with one attached hydrogen (secondary N) is 3. The molecule has 16 heteroatoms. The molecule has 0 unspecified atom stereocenters. The lowest BCUT2D eigenvalue weighted by Gasteiger charge is -2.23. The first kappa shape index (κ1) is 35.9. The summed E-state index contributed by atoms with van der Waals surface area (Å²) < 4.78 is 0. The van der Waals surface area contributed by atoms with Crippen LogP contribution in [0.4, 0.5) is 0 Å². The number of amides is 3. The lowest BCUT2D eigenvalue weighted by molar-refractivity contribution is -0.124. The van der Waals surface area contributed by atoms with Crippen molar-refractivity contribution in [1.29, 1.82) is 0 Å². The first-order valence-corrected chi connectivity index (χ1v) is 13.4. The highest BCUT2D eigenvalue weighted by molar-refractivity contribution is 5.81. The van der Waals surface area contributed by atoms with Crippen LogP contribution < -0.4 is 50.4 Å². The van der Waals surface area contributed by atoms with Crippen molar-refractivity contribution >= 4 is 41.9 Å². The van der Waals surface area contributed by atoms with E-state index in [-0.39, 0.29) is 61.3 Å². The predicted octanol–water partition coefficient (Wildman–Crippen LogP) is -2.62. The summed E-state index contributed by atoms with van der Waals surface area (Å²) in [5.74, 6) is -0.947. The molecular weight excluding hydrogens is 520 g/mol. The number of nitrogens with two attached hydrogens (primary N) is 6. The van der Waals surface area contributed by atoms with Crippen LogP contribution in [0.15, 0.2) is 15.0 Å². The fourth-order valence-corrected chi connectivity index (χ4v) is 3.80. The van der Waals surface area contributed by atoms with Crippen molar-refractivity contribution in [2.24, 2.45) is 49.4 Å². The van der Waals surface area contributed by atoms with Gasteiger partial charge in [0.15, 0.2) is 17.9 Å². The summed E-state index contributed by atoms with van der Waals surface area (Å²) in [5.41, 5.74) is 32.1. The van der Waals surface area contributed by atoms with Crippen LogP contribution in [0.1, 0.15) is 71.1 Å². The maximum atomic E-state index is 12.9. The average Bonchev–Trinajstić information content (AvgIpc) is 2.86. The fourth-order valence-electron chi connectivity index (χ4n) is 3.80. The van der Waals surface area contributed by atoms with Gasteiger partial charge in [0.25, 0.3) is 0 Å². The molecule has 0 aromatic rings. The monoisotopic (exact) mass is 568 g/mol. The summed E-state index contributed by atoms with van der Waals surface area (Å²) in [7, 11) is 0. The summed E-state index contributed by atoms with van der Waals surface area (Å²) in [5, 5.41) is 8.58. The maximum Gasteiger partial charge on any atom is 0.222 e. The summed E-state index contributed by atoms with van der Waals surface area (Å²) in [6, 6.07) is -1.35. The van der Waals surface area contributed by atoms with Crippen molar-refractivity contribution in [3.63, 3.8) is 0 Å². The second-order valence-corrected chi connectivity index (χ2v) is 9.30. The molecule has 15 N–H and O–H groups in total. The highest BCUT2D eigenvalue weighted by Gasteiger charge is 2.21. The van der Waals surface area contributed by atoms with Gasteiger partial charge in [-0.15, -0.1) is 0 Å². The van der Waals surface area contributed by atoms with Gasteiger partial charge < -0.3 is 55.1 Å². The Kier molecular flexibility index (Phi) is 19.5. The van der Waals surface area contributed by atoms with Crippen molar-refractivity contribution in [2.45, 2.75) is 89.3 Å². The van der Waals surface area contributed by atoms with Gasteiger partial charge in [-0.3, -0.25) is 29.4 Å². The van der Waals surface area contributed by atoms with E-state index in [1.54, 1.807) is 6.92 Å². The molecule has 0 rings (SSSR count). The Balaban J connectivity index is 5.26. The van der Waals surface area contributed by atoms with Gasteiger partial charge in [0, 0.05) is 63.4 Å². The molecule has 0 bridgehead atoms. The molecule has 0 aliphatic heterocycles. The predicted molar refractivity (Wildman–Crippen MR) is 156 cm³/mol. The van der Waals surface area contributed by atoms with Crippen molar-refractivity contribution in [2.75, 3.05) is 19.6 Å². The highest BCUT2D eigenvalue weighted by Crippen LogP contribution is 2.09. The molecule has 0 saturated heterocycles. The van der Waals surface area contributed by atoms with E-state index in [0.717, 1.165) is 6.29 Å². The molecule has 0 aliphatic rings. The zero-order valence-corrected chi connectivity index (χ0v) is 23.4. The number of hydrogen-bond acceptors (Lipinski definition) is 7. The Morgan fingerprint density at radius 3 is 1.32 bits per heavy atom. The first-order valence-electron chi connectivity index (χ1n) is 13.4. The Bertz CT molecular complexity index is 866. The van der Waals surface area contributed by atoms with Crippen molar-refractivity contribution in [3.05, 3.63) is 0 Å². The molecule has 3 amide bonds. The van der Waals surface area contributed by atoms with E-state index in [4.69, 9.17) is 34.4 Å². The Morgan fingerprint density at radius 2 is 0.975 bits per heavy atom. The molecule has 3 atom stereocenters. The van der Waals surface area contributed by atoms with Crippen LogP contribution >= 0.6 is 0 Å². The SMILES string of the molecule is CCC(=O)N[C@@H](CCCN=C(N)N)CC(=O)N[C@@H](CCCN=C(N)N)CC(=O)N[C@H](CC=O)CCCN=C(N)N. The normalized spacial score (nSPS) is 12.6. The minimum absolute atomic E-state index is 0.0120. The zero-order valence-electron chi connectivity index (χ0n) is 23.4. The lowest BCUT2D eigenvalue weighted by Crippen LogP contribution is -2.44. The zero-order chi connectivity index (χ0) is 30.3. The minimum atomic E-state index is -0.524. The van der Waals surface area contributed by atoms with Crippen molar-refractivity contribution < 1.29 is 19.2 Å². The molecule has 0 saturated carbocycles. The van der Waals surface area contributed by atoms with Crippen LogP contribution in [0, 0.1) is 0 Å². The molecular formula is C24H48N12O4. The number of carbonyl (C=O) groups excluding carboxylic acids is 4. The van der Waals surface area contributed by atoms with Crippen LogP contribution in [-0.2, 0) is 19.2 Å². The number of aliphatic imine (C=N–C) groups is 3. The smallest absolute Gasteiger partial charge is 0.222 e. The van der Waals surface area contributed by atoms with E-state index in [2.05, 4.69) is 30.9 Å². The van der Waals surface area contributed by atoms with Crippen LogP contribution in [0.2, 0.25) is 0 Å². The maximum absolute atomic E-state index is 12.9. The Hall–Kier alpha value is -4.11. The van der Waals surface area contributed by atoms with E-state index >= 15 is 0 Å². The Morgan fingerprint density at radius 1 is 0.625 bits per heavy atom. The molecule has 0 aromatic carbocycles. The van der Waals surface area contributed by atoms with Crippen molar-refractivity contribution in [1.82, 2.24) is 16.0 Å². The van der Waals surface area contributed by atoms with Gasteiger partial charge in [0.05, 0.1) is 0 Å². The molecule has 0 spiro atoms. The third kappa shape index (κ3) is 20.9. The van der Waals surface area contributed by atoms with Gasteiger partial charge in [-0.25, -0.2) is 0 Å². The fraction of sp³-hybridized carbons (Fsp3) is 0.708. The molecule has 40 heavy (non-hydrogen) atoms. The van der Waals surface area contributed by atoms with Gasteiger partial charge in [0.1, 0.15) is 6.29 Å². The lowest BCUT2D eigenvalue weighted by atomic mass is 10.0. The molecule has 0 aromatic heterocycles. The van der Waals surface area contributed by atoms with Gasteiger partial charge in [-0.2, -0.15) is 0 Å². The van der Waals surface area contributed by atoms with Crippen molar-refractivity contribution in [3.8, 4) is 0 Å². The van der Waals surface area contributed by atoms with Crippen LogP contribution in [0.25, 0.3) is 0 Å². The standard InChI is InChI=1S/C24H48N12O4/c1-2-19(38)35-17(7-4-11-32-23(27)28)14-21(40)36-18(8-5-12-33-24(29)30)15-20(39)34-16(9-13-37)6-3-10-31-22(25)26/h13,16-18H,2-12,14-15H2,1H3,(H,34,39)(H,35,38)(H,36,40)(H4,25,26,31)(H4,27,28,32)(H4,29,30,33)/t16-,17-,18-/m0/s1. The largest absolute Gasteiger partial charge is 0.370 e. The number of rotatable bonds is 22. The third-order valence-corrected chi connectivity index (χ3v) is 5.68. The molecule has 0 heterocycles. The number of aldehydes is 1. The number of guanidine groups is 3. The second kappa shape index (κ2) is 21.8. The number of carbonyl (C=O) groups is 4. The molecule has 0 aliphatic carbocycles. The van der Waals surface area contributed by atoms with Gasteiger partial charge in [-0.1, -0.05) is 6.92 Å².